The van der Waals surface area contributed by atoms with Gasteiger partial charge in [0.15, 0.2) is 0 Å². The van der Waals surface area contributed by atoms with Gasteiger partial charge >= 0.3 is 0 Å². The number of benzene rings is 2. The highest BCUT2D eigenvalue weighted by Gasteiger charge is 2.33. The van der Waals surface area contributed by atoms with Gasteiger partial charge in [-0.15, -0.1) is 0 Å². The Morgan fingerprint density at radius 2 is 1.60 bits per heavy atom. The molecule has 1 aliphatic carbocycles. The van der Waals surface area contributed by atoms with E-state index >= 15 is 0 Å². The standard InChI is InChI=1S/C40H49N5O4S/c1-26-11-8-12-27(2)36(26)34-22-35-43-38(42-34)44-50(47,48)32-15-9-13-29(21-32)37(46)45(31(25-49-35)23-39(3,4)5)24-30-14-10-16-33(41-30)28-17-19-40(6,7)20-18-28/h8-16,21-22,28,31H,17-20,23-25H2,1-7H3,(H,42,43,44)/t31-/m1/s1. The van der Waals surface area contributed by atoms with Gasteiger partial charge in [0, 0.05) is 28.8 Å². The smallest absolute Gasteiger partial charge is 0.264 e. The van der Waals surface area contributed by atoms with Gasteiger partial charge in [0.25, 0.3) is 15.9 Å². The summed E-state index contributed by atoms with van der Waals surface area (Å²) in [6, 6.07) is 19.6. The summed E-state index contributed by atoms with van der Waals surface area (Å²) in [5.41, 5.74) is 5.69. The lowest BCUT2D eigenvalue weighted by Gasteiger charge is -2.36. The highest BCUT2D eigenvalue weighted by atomic mass is 32.2. The predicted octanol–water partition coefficient (Wildman–Crippen LogP) is 8.48. The van der Waals surface area contributed by atoms with Crippen molar-refractivity contribution in [1.82, 2.24) is 19.9 Å². The fraction of sp³-hybridized carbons (Fsp3) is 0.450. The summed E-state index contributed by atoms with van der Waals surface area (Å²) in [7, 11) is -4.16. The van der Waals surface area contributed by atoms with Gasteiger partial charge in [0.1, 0.15) is 6.61 Å². The monoisotopic (exact) mass is 695 g/mol. The van der Waals surface area contributed by atoms with Crippen molar-refractivity contribution in [3.8, 4) is 17.1 Å². The Morgan fingerprint density at radius 1 is 0.920 bits per heavy atom. The first-order valence-corrected chi connectivity index (χ1v) is 19.0. The van der Waals surface area contributed by atoms with E-state index in [0.717, 1.165) is 53.8 Å². The van der Waals surface area contributed by atoms with Gasteiger partial charge in [-0.2, -0.15) is 4.98 Å². The Morgan fingerprint density at radius 3 is 2.30 bits per heavy atom. The van der Waals surface area contributed by atoms with E-state index in [1.807, 2.05) is 44.2 Å². The second-order valence-corrected chi connectivity index (χ2v) is 17.7. The molecule has 1 fully saturated rings. The molecule has 4 aromatic rings. The summed E-state index contributed by atoms with van der Waals surface area (Å²) in [4.78, 5) is 30.6. The van der Waals surface area contributed by atoms with E-state index in [4.69, 9.17) is 9.72 Å². The van der Waals surface area contributed by atoms with Crippen LogP contribution < -0.4 is 9.46 Å². The van der Waals surface area contributed by atoms with Gasteiger partial charge in [-0.05, 0) is 98.2 Å². The van der Waals surface area contributed by atoms with Crippen molar-refractivity contribution >= 4 is 21.9 Å². The number of sulfonamides is 1. The van der Waals surface area contributed by atoms with Crippen molar-refractivity contribution in [3.05, 3.63) is 94.8 Å². The van der Waals surface area contributed by atoms with Gasteiger partial charge < -0.3 is 9.64 Å². The number of carbonyl (C=O) groups excluding carboxylic acids is 1. The molecular weight excluding hydrogens is 647 g/mol. The maximum Gasteiger partial charge on any atom is 0.264 e. The first-order chi connectivity index (χ1) is 23.6. The average molecular weight is 696 g/mol. The van der Waals surface area contributed by atoms with E-state index in [-0.39, 0.29) is 52.8 Å². The molecule has 2 aromatic carbocycles. The van der Waals surface area contributed by atoms with E-state index in [9.17, 15) is 13.2 Å². The average Bonchev–Trinajstić information content (AvgIpc) is 3.04. The van der Waals surface area contributed by atoms with Gasteiger partial charge in [0.2, 0.25) is 11.8 Å². The number of anilines is 1. The molecule has 1 N–H and O–H groups in total. The molecule has 2 aromatic heterocycles. The normalized spacial score (nSPS) is 19.4. The van der Waals surface area contributed by atoms with E-state index in [0.29, 0.717) is 23.4 Å². The number of fused-ring (bicyclic) bond motifs is 4. The number of aryl methyl sites for hydroxylation is 2. The molecule has 3 heterocycles. The van der Waals surface area contributed by atoms with E-state index in [2.05, 4.69) is 55.4 Å². The van der Waals surface area contributed by atoms with Crippen LogP contribution in [0.4, 0.5) is 5.95 Å². The number of rotatable bonds is 5. The van der Waals surface area contributed by atoms with Crippen LogP contribution >= 0.6 is 0 Å². The van der Waals surface area contributed by atoms with Crippen LogP contribution in [0.3, 0.4) is 0 Å². The van der Waals surface area contributed by atoms with Crippen molar-refractivity contribution < 1.29 is 17.9 Å². The molecule has 0 saturated heterocycles. The molecule has 1 atom stereocenters. The number of aromatic nitrogens is 3. The third-order valence-electron chi connectivity index (χ3n) is 9.95. The molecule has 264 valence electrons. The second kappa shape index (κ2) is 13.8. The van der Waals surface area contributed by atoms with E-state index < -0.39 is 10.0 Å². The summed E-state index contributed by atoms with van der Waals surface area (Å²) in [6.07, 6.45) is 5.11. The number of nitrogens with zero attached hydrogens (tertiary/aromatic N) is 4. The zero-order valence-electron chi connectivity index (χ0n) is 30.3. The zero-order chi connectivity index (χ0) is 35.8. The molecule has 10 heteroatoms. The highest BCUT2D eigenvalue weighted by molar-refractivity contribution is 7.92. The Hall–Kier alpha value is -4.31. The zero-order valence-corrected chi connectivity index (χ0v) is 31.1. The Kier molecular flexibility index (Phi) is 9.79. The van der Waals surface area contributed by atoms with Gasteiger partial charge in [-0.25, -0.2) is 18.1 Å². The minimum Gasteiger partial charge on any atom is -0.475 e. The summed E-state index contributed by atoms with van der Waals surface area (Å²) in [5, 5.41) is 0. The van der Waals surface area contributed by atoms with Crippen LogP contribution in [-0.4, -0.2) is 46.8 Å². The predicted molar refractivity (Wildman–Crippen MR) is 197 cm³/mol. The fourth-order valence-corrected chi connectivity index (χ4v) is 8.22. The number of amides is 1. The molecule has 1 aliphatic heterocycles. The highest BCUT2D eigenvalue weighted by Crippen LogP contribution is 2.42. The van der Waals surface area contributed by atoms with Crippen LogP contribution in [0.2, 0.25) is 0 Å². The van der Waals surface area contributed by atoms with Crippen LogP contribution in [0.25, 0.3) is 11.3 Å². The maximum absolute atomic E-state index is 14.6. The maximum atomic E-state index is 14.6. The Bertz CT molecular complexity index is 1970. The first-order valence-electron chi connectivity index (χ1n) is 17.6. The van der Waals surface area contributed by atoms with Crippen molar-refractivity contribution in [2.75, 3.05) is 11.3 Å². The number of carbonyl (C=O) groups is 1. The molecule has 50 heavy (non-hydrogen) atoms. The summed E-state index contributed by atoms with van der Waals surface area (Å²) < 4.78 is 36.5. The molecule has 2 aliphatic rings. The van der Waals surface area contributed by atoms with Crippen LogP contribution in [-0.2, 0) is 16.6 Å². The number of hydrogen-bond acceptors (Lipinski definition) is 7. The molecule has 6 rings (SSSR count). The third kappa shape index (κ3) is 8.18. The van der Waals surface area contributed by atoms with Crippen molar-refractivity contribution in [1.29, 1.82) is 0 Å². The molecule has 1 saturated carbocycles. The molecular formula is C40H49N5O4S. The fourth-order valence-electron chi connectivity index (χ4n) is 7.23. The molecule has 9 nitrogen and oxygen atoms in total. The summed E-state index contributed by atoms with van der Waals surface area (Å²) in [5.74, 6) is 0.204. The van der Waals surface area contributed by atoms with Crippen LogP contribution in [0.15, 0.2) is 71.6 Å². The first kappa shape index (κ1) is 35.5. The largest absolute Gasteiger partial charge is 0.475 e. The number of nitrogens with one attached hydrogen (secondary N) is 1. The second-order valence-electron chi connectivity index (χ2n) is 16.0. The number of pyridine rings is 1. The topological polar surface area (TPSA) is 114 Å². The molecule has 1 amide bonds. The molecule has 0 unspecified atom stereocenters. The Labute approximate surface area is 297 Å². The van der Waals surface area contributed by atoms with Crippen LogP contribution in [0.1, 0.15) is 106 Å². The minimum atomic E-state index is -4.16. The van der Waals surface area contributed by atoms with Gasteiger partial charge in [0.05, 0.1) is 28.9 Å². The third-order valence-corrected chi connectivity index (χ3v) is 11.3. The lowest BCUT2D eigenvalue weighted by molar-refractivity contribution is 0.0509. The summed E-state index contributed by atoms with van der Waals surface area (Å²) >= 11 is 0. The molecule has 0 spiro atoms. The van der Waals surface area contributed by atoms with Crippen LogP contribution in [0, 0.1) is 24.7 Å². The molecule has 4 bridgehead atoms. The van der Waals surface area contributed by atoms with E-state index in [1.54, 1.807) is 23.1 Å². The van der Waals surface area contributed by atoms with Gasteiger partial charge in [-0.1, -0.05) is 65.0 Å². The molecule has 0 radical (unpaired) electrons. The Balaban J connectivity index is 1.44. The van der Waals surface area contributed by atoms with Gasteiger partial charge in [-0.3, -0.25) is 9.78 Å². The quantitative estimate of drug-likeness (QED) is 0.223. The summed E-state index contributed by atoms with van der Waals surface area (Å²) in [6.45, 7) is 15.4. The minimum absolute atomic E-state index is 0.0567. The van der Waals surface area contributed by atoms with Crippen molar-refractivity contribution in [2.45, 2.75) is 104 Å². The van der Waals surface area contributed by atoms with E-state index in [1.165, 1.54) is 12.1 Å². The number of ether oxygens (including phenoxy) is 1. The SMILES string of the molecule is Cc1cccc(C)c1-c1cc2nc(n1)NS(=O)(=O)c1cccc(c1)C(=O)N(Cc1cccc(C3CCC(C)(C)CC3)n1)[C@H](CC(C)(C)C)CO2. The van der Waals surface area contributed by atoms with Crippen LogP contribution in [0.5, 0.6) is 5.88 Å². The van der Waals surface area contributed by atoms with Crippen molar-refractivity contribution in [3.63, 3.8) is 0 Å². The number of hydrogen-bond donors (Lipinski definition) is 1. The lowest BCUT2D eigenvalue weighted by atomic mass is 9.72. The lowest BCUT2D eigenvalue weighted by Crippen LogP contribution is -2.45. The van der Waals surface area contributed by atoms with Crippen molar-refractivity contribution in [2.24, 2.45) is 10.8 Å².